The first-order valence-corrected chi connectivity index (χ1v) is 10.0. The van der Waals surface area contributed by atoms with E-state index in [-0.39, 0.29) is 10.8 Å². The molecule has 0 saturated carbocycles. The van der Waals surface area contributed by atoms with E-state index in [9.17, 15) is 5.11 Å². The van der Waals surface area contributed by atoms with Gasteiger partial charge in [0.1, 0.15) is 5.75 Å². The van der Waals surface area contributed by atoms with E-state index < -0.39 is 0 Å². The van der Waals surface area contributed by atoms with Crippen molar-refractivity contribution in [2.24, 2.45) is 0 Å². The lowest BCUT2D eigenvalue weighted by Gasteiger charge is -2.27. The normalized spacial score (nSPS) is 13.0. The van der Waals surface area contributed by atoms with Gasteiger partial charge in [-0.25, -0.2) is 0 Å². The Labute approximate surface area is 154 Å². The molecule has 24 heavy (non-hydrogen) atoms. The second-order valence-electron chi connectivity index (χ2n) is 8.36. The van der Waals surface area contributed by atoms with E-state index >= 15 is 0 Å². The predicted molar refractivity (Wildman–Crippen MR) is 112 cm³/mol. The van der Waals surface area contributed by atoms with Crippen molar-refractivity contribution < 1.29 is 5.11 Å². The van der Waals surface area contributed by atoms with Crippen LogP contribution < -0.4 is 10.6 Å². The molecule has 0 aliphatic carbocycles. The molecule has 0 aliphatic rings. The van der Waals surface area contributed by atoms with Crippen LogP contribution in [0.4, 0.5) is 0 Å². The summed E-state index contributed by atoms with van der Waals surface area (Å²) in [5, 5.41) is 13.2. The molecule has 2 aromatic rings. The minimum Gasteiger partial charge on any atom is -0.507 e. The lowest BCUT2D eigenvalue weighted by Crippen LogP contribution is -2.21. The molecule has 0 spiro atoms. The molecular weight excluding hydrogens is 331 g/mol. The van der Waals surface area contributed by atoms with Crippen molar-refractivity contribution in [2.45, 2.75) is 58.1 Å². The summed E-state index contributed by atoms with van der Waals surface area (Å²) in [6, 6.07) is 12.7. The molecule has 0 bridgehead atoms. The summed E-state index contributed by atoms with van der Waals surface area (Å²) in [4.78, 5) is 0. The van der Waals surface area contributed by atoms with Gasteiger partial charge in [0.2, 0.25) is 0 Å². The molecule has 1 atom stereocenters. The van der Waals surface area contributed by atoms with Crippen LogP contribution in [0.3, 0.4) is 0 Å². The monoisotopic (exact) mass is 360 g/mol. The van der Waals surface area contributed by atoms with Crippen molar-refractivity contribution in [3.05, 3.63) is 53.1 Å². The van der Waals surface area contributed by atoms with Gasteiger partial charge in [0.25, 0.3) is 0 Å². The summed E-state index contributed by atoms with van der Waals surface area (Å²) in [6.45, 7) is 13.1. The van der Waals surface area contributed by atoms with E-state index in [1.54, 1.807) is 0 Å². The molecule has 0 saturated heterocycles. The fourth-order valence-electron chi connectivity index (χ4n) is 2.66. The molecule has 0 aliphatic heterocycles. The summed E-state index contributed by atoms with van der Waals surface area (Å²) >= 11 is 4.45. The van der Waals surface area contributed by atoms with Crippen LogP contribution in [0.15, 0.2) is 36.4 Å². The molecule has 1 nitrogen and oxygen atoms in total. The number of hydrogen-bond donors (Lipinski definition) is 2. The Hall–Kier alpha value is -0.980. The van der Waals surface area contributed by atoms with Gasteiger partial charge in [-0.05, 0) is 33.3 Å². The molecule has 3 heteroatoms. The third kappa shape index (κ3) is 4.35. The Morgan fingerprint density at radius 1 is 0.917 bits per heavy atom. The Bertz CT molecular complexity index is 724. The molecule has 1 N–H and O–H groups in total. The van der Waals surface area contributed by atoms with Crippen molar-refractivity contribution in [3.8, 4) is 5.75 Å². The Balaban J connectivity index is 2.60. The van der Waals surface area contributed by atoms with E-state index in [4.69, 9.17) is 0 Å². The second kappa shape index (κ2) is 7.10. The average molecular weight is 361 g/mol. The van der Waals surface area contributed by atoms with Crippen LogP contribution >= 0.6 is 21.2 Å². The Kier molecular flexibility index (Phi) is 5.72. The highest BCUT2D eigenvalue weighted by Gasteiger charge is 2.25. The van der Waals surface area contributed by atoms with Crippen LogP contribution in [0.5, 0.6) is 5.75 Å². The van der Waals surface area contributed by atoms with Crippen LogP contribution in [-0.4, -0.2) is 5.11 Å². The Morgan fingerprint density at radius 3 is 2.08 bits per heavy atom. The van der Waals surface area contributed by atoms with Gasteiger partial charge in [-0.15, -0.1) is 0 Å². The highest BCUT2D eigenvalue weighted by Crippen LogP contribution is 2.36. The summed E-state index contributed by atoms with van der Waals surface area (Å²) in [6.07, 6.45) is 0. The second-order valence-corrected chi connectivity index (χ2v) is 10.0. The van der Waals surface area contributed by atoms with Gasteiger partial charge in [0.05, 0.1) is 0 Å². The van der Waals surface area contributed by atoms with Crippen LogP contribution in [0.1, 0.15) is 58.2 Å². The van der Waals surface area contributed by atoms with Crippen molar-refractivity contribution in [3.63, 3.8) is 0 Å². The number of phenols is 1. The molecular formula is C21H29OPS. The van der Waals surface area contributed by atoms with Crippen LogP contribution in [-0.2, 0) is 16.6 Å². The SMILES string of the molecule is CC(C)(C)c1cc(Pc2ccccc2CS)c(O)c(C(C)(C)C)c1. The molecule has 0 amide bonds. The molecule has 130 valence electrons. The maximum Gasteiger partial charge on any atom is 0.127 e. The van der Waals surface area contributed by atoms with Crippen molar-refractivity contribution in [1.29, 1.82) is 0 Å². The number of phenolic OH excluding ortho intramolecular Hbond substituents is 1. The lowest BCUT2D eigenvalue weighted by atomic mass is 9.80. The van der Waals surface area contributed by atoms with Crippen LogP contribution in [0.25, 0.3) is 0 Å². The van der Waals surface area contributed by atoms with Crippen molar-refractivity contribution in [1.82, 2.24) is 0 Å². The standard InChI is InChI=1S/C21H29OPS/c1-20(2,3)15-11-16(21(4,5)6)19(22)18(12-15)23-17-10-8-7-9-14(17)13-24/h7-12,22-24H,13H2,1-6H3. The number of thiol groups is 1. The number of hydrogen-bond acceptors (Lipinski definition) is 2. The Morgan fingerprint density at radius 2 is 1.54 bits per heavy atom. The largest absolute Gasteiger partial charge is 0.507 e. The van der Waals surface area contributed by atoms with Gasteiger partial charge >= 0.3 is 0 Å². The minimum atomic E-state index is -0.0896. The third-order valence-corrected chi connectivity index (χ3v) is 5.99. The highest BCUT2D eigenvalue weighted by atomic mass is 32.1. The van der Waals surface area contributed by atoms with E-state index in [2.05, 4.69) is 84.5 Å². The number of rotatable bonds is 3. The van der Waals surface area contributed by atoms with E-state index in [0.717, 1.165) is 16.6 Å². The summed E-state index contributed by atoms with van der Waals surface area (Å²) < 4.78 is 0. The third-order valence-electron chi connectivity index (χ3n) is 4.24. The maximum absolute atomic E-state index is 10.9. The zero-order chi connectivity index (χ0) is 18.1. The zero-order valence-electron chi connectivity index (χ0n) is 15.6. The summed E-state index contributed by atoms with van der Waals surface area (Å²) in [5.74, 6) is 1.16. The molecule has 2 aromatic carbocycles. The topological polar surface area (TPSA) is 20.2 Å². The summed E-state index contributed by atoms with van der Waals surface area (Å²) in [7, 11) is 0.433. The van der Waals surface area contributed by atoms with Crippen molar-refractivity contribution in [2.75, 3.05) is 0 Å². The molecule has 0 radical (unpaired) electrons. The van der Waals surface area contributed by atoms with E-state index in [1.165, 1.54) is 16.4 Å². The average Bonchev–Trinajstić information content (AvgIpc) is 2.47. The first-order valence-electron chi connectivity index (χ1n) is 8.38. The fourth-order valence-corrected chi connectivity index (χ4v) is 4.37. The fraction of sp³-hybridized carbons (Fsp3) is 0.429. The zero-order valence-corrected chi connectivity index (χ0v) is 17.5. The smallest absolute Gasteiger partial charge is 0.127 e. The van der Waals surface area contributed by atoms with Gasteiger partial charge in [-0.1, -0.05) is 80.5 Å². The quantitative estimate of drug-likeness (QED) is 0.580. The molecule has 0 fully saturated rings. The van der Waals surface area contributed by atoms with Gasteiger partial charge in [0, 0.05) is 16.6 Å². The first kappa shape index (κ1) is 19.3. The molecule has 0 heterocycles. The van der Waals surface area contributed by atoms with E-state index in [0.29, 0.717) is 14.3 Å². The lowest BCUT2D eigenvalue weighted by molar-refractivity contribution is 0.449. The van der Waals surface area contributed by atoms with Gasteiger partial charge < -0.3 is 5.11 Å². The first-order chi connectivity index (χ1) is 11.0. The minimum absolute atomic E-state index is 0.0516. The number of aromatic hydroxyl groups is 1. The van der Waals surface area contributed by atoms with Crippen LogP contribution in [0, 0.1) is 0 Å². The molecule has 2 rings (SSSR count). The van der Waals surface area contributed by atoms with Crippen LogP contribution in [0.2, 0.25) is 0 Å². The predicted octanol–water partition coefficient (Wildman–Crippen LogP) is 5.05. The molecule has 1 unspecified atom stereocenters. The van der Waals surface area contributed by atoms with Gasteiger partial charge in [-0.2, -0.15) is 12.6 Å². The highest BCUT2D eigenvalue weighted by molar-refractivity contribution is 7.79. The van der Waals surface area contributed by atoms with Gasteiger partial charge in [0.15, 0.2) is 0 Å². The maximum atomic E-state index is 10.9. The van der Waals surface area contributed by atoms with Crippen molar-refractivity contribution >= 4 is 31.8 Å². The van der Waals surface area contributed by atoms with E-state index in [1.807, 2.05) is 6.07 Å². The number of benzene rings is 2. The summed E-state index contributed by atoms with van der Waals surface area (Å²) in [5.41, 5.74) is 3.50. The molecule has 0 aromatic heterocycles. The van der Waals surface area contributed by atoms with Gasteiger partial charge in [-0.3, -0.25) is 0 Å².